The van der Waals surface area contributed by atoms with Gasteiger partial charge < -0.3 is 15.1 Å². The second-order valence-corrected chi connectivity index (χ2v) is 8.82. The second-order valence-electron chi connectivity index (χ2n) is 7.94. The highest BCUT2D eigenvalue weighted by Crippen LogP contribution is 2.34. The maximum absolute atomic E-state index is 13.0. The Morgan fingerprint density at radius 2 is 1.94 bits per heavy atom. The third-order valence-corrected chi connectivity index (χ3v) is 5.94. The first kappa shape index (κ1) is 22.1. The van der Waals surface area contributed by atoms with Crippen molar-refractivity contribution in [2.24, 2.45) is 0 Å². The number of aromatic nitrogens is 1. The molecule has 0 aliphatic heterocycles. The van der Waals surface area contributed by atoms with Crippen LogP contribution in [-0.4, -0.2) is 28.4 Å². The molecule has 4 rings (SSSR count). The summed E-state index contributed by atoms with van der Waals surface area (Å²) in [5.41, 5.74) is 0.938. The molecular formula is C23H20Cl2N4O3. The second kappa shape index (κ2) is 8.81. The van der Waals surface area contributed by atoms with Gasteiger partial charge in [0, 0.05) is 10.0 Å². The smallest absolute Gasteiger partial charge is 0.244 e. The molecule has 2 atom stereocenters. The lowest BCUT2D eigenvalue weighted by atomic mass is 9.99. The molecule has 0 bridgehead atoms. The van der Waals surface area contributed by atoms with Gasteiger partial charge in [0.05, 0.1) is 18.4 Å². The molecule has 1 fully saturated rings. The van der Waals surface area contributed by atoms with Gasteiger partial charge in [-0.3, -0.25) is 9.59 Å². The van der Waals surface area contributed by atoms with Gasteiger partial charge in [-0.25, -0.2) is 4.98 Å². The van der Waals surface area contributed by atoms with Gasteiger partial charge in [0.1, 0.15) is 17.1 Å². The maximum Gasteiger partial charge on any atom is 0.244 e. The Balaban J connectivity index is 1.55. The van der Waals surface area contributed by atoms with Crippen LogP contribution in [0.15, 0.2) is 46.9 Å². The summed E-state index contributed by atoms with van der Waals surface area (Å²) in [7, 11) is 0. The van der Waals surface area contributed by atoms with Gasteiger partial charge in [0.2, 0.25) is 11.8 Å². The molecule has 1 unspecified atom stereocenters. The van der Waals surface area contributed by atoms with Crippen molar-refractivity contribution in [3.63, 3.8) is 0 Å². The minimum absolute atomic E-state index is 0.0215. The Morgan fingerprint density at radius 3 is 2.62 bits per heavy atom. The molecule has 3 aromatic rings. The number of nitrogens with zero attached hydrogens (tertiary/aromatic N) is 2. The molecule has 0 spiro atoms. The van der Waals surface area contributed by atoms with Gasteiger partial charge in [0.25, 0.3) is 0 Å². The summed E-state index contributed by atoms with van der Waals surface area (Å²) < 4.78 is 5.73. The molecule has 2 N–H and O–H groups in total. The lowest BCUT2D eigenvalue weighted by Gasteiger charge is -2.21. The van der Waals surface area contributed by atoms with Gasteiger partial charge in [0.15, 0.2) is 11.5 Å². The number of fused-ring (bicyclic) bond motifs is 1. The fourth-order valence-electron chi connectivity index (χ4n) is 3.36. The van der Waals surface area contributed by atoms with Crippen LogP contribution < -0.4 is 10.6 Å². The summed E-state index contributed by atoms with van der Waals surface area (Å²) in [4.78, 5) is 30.3. The molecule has 1 saturated carbocycles. The number of oxazole rings is 1. The van der Waals surface area contributed by atoms with E-state index < -0.39 is 23.4 Å². The zero-order valence-corrected chi connectivity index (χ0v) is 18.7. The highest BCUT2D eigenvalue weighted by molar-refractivity contribution is 6.31. The van der Waals surface area contributed by atoms with E-state index in [4.69, 9.17) is 27.6 Å². The van der Waals surface area contributed by atoms with Crippen LogP contribution >= 0.6 is 23.2 Å². The van der Waals surface area contributed by atoms with Crippen molar-refractivity contribution in [3.05, 3.63) is 64.0 Å². The van der Waals surface area contributed by atoms with Crippen molar-refractivity contribution in [1.82, 2.24) is 15.6 Å². The molecule has 1 aliphatic rings. The number of carbonyl (C=O) groups excluding carboxylic acids is 2. The molecule has 7 nitrogen and oxygen atoms in total. The minimum atomic E-state index is -0.974. The van der Waals surface area contributed by atoms with Crippen LogP contribution in [-0.2, 0) is 16.0 Å². The molecule has 0 radical (unpaired) electrons. The molecular weight excluding hydrogens is 451 g/mol. The summed E-state index contributed by atoms with van der Waals surface area (Å²) in [5, 5.41) is 15.9. The third-order valence-electron chi connectivity index (χ3n) is 5.47. The fraction of sp³-hybridized carbons (Fsp3) is 0.304. The topological polar surface area (TPSA) is 108 Å². The summed E-state index contributed by atoms with van der Waals surface area (Å²) in [6.45, 7) is 1.73. The molecule has 1 heterocycles. The lowest BCUT2D eigenvalue weighted by Crippen LogP contribution is -2.52. The van der Waals surface area contributed by atoms with Crippen molar-refractivity contribution in [2.45, 2.75) is 43.7 Å². The number of carbonyl (C=O) groups is 2. The van der Waals surface area contributed by atoms with E-state index in [1.807, 2.05) is 0 Å². The molecule has 32 heavy (non-hydrogen) atoms. The summed E-state index contributed by atoms with van der Waals surface area (Å²) in [5.74, 6) is -1.08. The quantitative estimate of drug-likeness (QED) is 0.539. The molecule has 1 aliphatic carbocycles. The lowest BCUT2D eigenvalue weighted by molar-refractivity contribution is -0.130. The van der Waals surface area contributed by atoms with Crippen LogP contribution in [0.3, 0.4) is 0 Å². The first-order valence-electron chi connectivity index (χ1n) is 10.1. The summed E-state index contributed by atoms with van der Waals surface area (Å²) in [6.07, 6.45) is 1.18. The minimum Gasteiger partial charge on any atom is -0.441 e. The molecule has 164 valence electrons. The van der Waals surface area contributed by atoms with Gasteiger partial charge >= 0.3 is 0 Å². The van der Waals surface area contributed by atoms with Crippen LogP contribution in [0.5, 0.6) is 0 Å². The largest absolute Gasteiger partial charge is 0.441 e. The standard InChI is InChI=1S/C23H20Cl2N4O3/c1-13(14-3-2-4-15(24)9-14)21(30)28-18(22(31)29-23(12-26)7-8-23)11-20-27-17-10-16(25)5-6-19(17)32-20/h2-6,9-10,13,18H,7-8,11H2,1H3,(H,28,30)(H,29,31)/t13-,18?/m0/s1. The Bertz CT molecular complexity index is 1230. The van der Waals surface area contributed by atoms with E-state index in [2.05, 4.69) is 21.7 Å². The van der Waals surface area contributed by atoms with Gasteiger partial charge in [-0.15, -0.1) is 0 Å². The average Bonchev–Trinajstić information content (AvgIpc) is 3.43. The Kier molecular flexibility index (Phi) is 6.09. The van der Waals surface area contributed by atoms with Crippen LogP contribution in [0, 0.1) is 11.3 Å². The SMILES string of the molecule is C[C@H](C(=O)NC(Cc1nc2cc(Cl)ccc2o1)C(=O)NC1(C#N)CC1)c1cccc(Cl)c1. The van der Waals surface area contributed by atoms with E-state index >= 15 is 0 Å². The van der Waals surface area contributed by atoms with E-state index in [9.17, 15) is 14.9 Å². The number of hydrogen-bond donors (Lipinski definition) is 2. The Labute approximate surface area is 194 Å². The predicted octanol–water partition coefficient (Wildman–Crippen LogP) is 4.14. The van der Waals surface area contributed by atoms with E-state index in [0.717, 1.165) is 5.56 Å². The van der Waals surface area contributed by atoms with Crippen molar-refractivity contribution in [2.75, 3.05) is 0 Å². The van der Waals surface area contributed by atoms with Gasteiger partial charge in [-0.05, 0) is 55.7 Å². The monoisotopic (exact) mass is 470 g/mol. The van der Waals surface area contributed by atoms with Crippen molar-refractivity contribution < 1.29 is 14.0 Å². The van der Waals surface area contributed by atoms with Crippen molar-refractivity contribution in [1.29, 1.82) is 5.26 Å². The fourth-order valence-corrected chi connectivity index (χ4v) is 3.72. The first-order valence-corrected chi connectivity index (χ1v) is 10.9. The number of nitriles is 1. The predicted molar refractivity (Wildman–Crippen MR) is 120 cm³/mol. The zero-order chi connectivity index (χ0) is 22.9. The zero-order valence-electron chi connectivity index (χ0n) is 17.2. The molecule has 1 aromatic heterocycles. The molecule has 2 aromatic carbocycles. The maximum atomic E-state index is 13.0. The van der Waals surface area contributed by atoms with E-state index in [0.29, 0.717) is 34.0 Å². The van der Waals surface area contributed by atoms with E-state index in [-0.39, 0.29) is 18.2 Å². The first-order chi connectivity index (χ1) is 15.3. The summed E-state index contributed by atoms with van der Waals surface area (Å²) >= 11 is 12.1. The van der Waals surface area contributed by atoms with Crippen molar-refractivity contribution in [3.8, 4) is 6.07 Å². The van der Waals surface area contributed by atoms with Crippen LogP contribution in [0.4, 0.5) is 0 Å². The number of hydrogen-bond acceptors (Lipinski definition) is 5. The van der Waals surface area contributed by atoms with Crippen molar-refractivity contribution >= 4 is 46.1 Å². The van der Waals surface area contributed by atoms with Gasteiger partial charge in [-0.2, -0.15) is 5.26 Å². The average molecular weight is 471 g/mol. The van der Waals surface area contributed by atoms with Crippen LogP contribution in [0.25, 0.3) is 11.1 Å². The highest BCUT2D eigenvalue weighted by Gasteiger charge is 2.46. The number of benzene rings is 2. The van der Waals surface area contributed by atoms with Crippen LogP contribution in [0.1, 0.15) is 37.1 Å². The van der Waals surface area contributed by atoms with E-state index in [1.165, 1.54) is 0 Å². The third kappa shape index (κ3) is 4.87. The highest BCUT2D eigenvalue weighted by atomic mass is 35.5. The Hall–Kier alpha value is -3.08. The molecule has 0 saturated heterocycles. The number of rotatable bonds is 7. The number of amides is 2. The number of nitrogens with one attached hydrogen (secondary N) is 2. The Morgan fingerprint density at radius 1 is 1.19 bits per heavy atom. The summed E-state index contributed by atoms with van der Waals surface area (Å²) in [6, 6.07) is 13.2. The van der Waals surface area contributed by atoms with Crippen LogP contribution in [0.2, 0.25) is 10.0 Å². The van der Waals surface area contributed by atoms with Gasteiger partial charge in [-0.1, -0.05) is 35.3 Å². The van der Waals surface area contributed by atoms with E-state index in [1.54, 1.807) is 49.4 Å². The normalized spacial score (nSPS) is 16.1. The molecule has 9 heteroatoms. The number of halogens is 2. The molecule has 2 amide bonds.